The molecule has 138 valence electrons. The van der Waals surface area contributed by atoms with Crippen molar-refractivity contribution in [3.05, 3.63) is 36.4 Å². The van der Waals surface area contributed by atoms with Crippen molar-refractivity contribution in [2.45, 2.75) is 19.2 Å². The van der Waals surface area contributed by atoms with Crippen LogP contribution in [0, 0.1) is 0 Å². The maximum atomic E-state index is 12.2. The highest BCUT2D eigenvalue weighted by Crippen LogP contribution is 2.36. The Kier molecular flexibility index (Phi) is 4.78. The Labute approximate surface area is 146 Å². The second-order valence-electron chi connectivity index (χ2n) is 5.70. The molecule has 1 N–H and O–H groups in total. The third-order valence-electron chi connectivity index (χ3n) is 3.82. The van der Waals surface area contributed by atoms with Crippen LogP contribution >= 0.6 is 0 Å². The number of carbonyl (C=O) groups is 1. The molecule has 1 aromatic heterocycles. The van der Waals surface area contributed by atoms with Gasteiger partial charge in [-0.3, -0.25) is 4.79 Å². The molecule has 3 rings (SSSR count). The van der Waals surface area contributed by atoms with Crippen molar-refractivity contribution in [2.24, 2.45) is 0 Å². The molecule has 0 saturated heterocycles. The molecule has 0 aliphatic carbocycles. The number of ether oxygens (including phenoxy) is 2. The highest BCUT2D eigenvalue weighted by Gasteiger charge is 2.30. The van der Waals surface area contributed by atoms with E-state index in [-0.39, 0.29) is 5.69 Å². The number of furan rings is 1. The topological polar surface area (TPSA) is 60.7 Å². The van der Waals surface area contributed by atoms with E-state index in [1.165, 1.54) is 14.0 Å². The molecule has 0 saturated carbocycles. The number of anilines is 1. The molecule has 0 bridgehead atoms. The Balaban J connectivity index is 1.87. The number of hydrogen-bond acceptors (Lipinski definition) is 4. The molecule has 8 heteroatoms. The zero-order valence-electron chi connectivity index (χ0n) is 14.0. The van der Waals surface area contributed by atoms with E-state index in [2.05, 4.69) is 10.1 Å². The van der Waals surface area contributed by atoms with Crippen molar-refractivity contribution in [2.75, 3.05) is 19.0 Å². The third kappa shape index (κ3) is 3.75. The summed E-state index contributed by atoms with van der Waals surface area (Å²) >= 11 is 0. The molecular weight excluding hydrogens is 351 g/mol. The second-order valence-corrected chi connectivity index (χ2v) is 5.70. The van der Waals surface area contributed by atoms with Crippen LogP contribution in [0.5, 0.6) is 5.75 Å². The zero-order valence-corrected chi connectivity index (χ0v) is 14.0. The molecule has 5 nitrogen and oxygen atoms in total. The van der Waals surface area contributed by atoms with Gasteiger partial charge in [-0.2, -0.15) is 13.2 Å². The largest absolute Gasteiger partial charge is 0.495 e. The number of rotatable bonds is 5. The number of halogens is 3. The smallest absolute Gasteiger partial charge is 0.411 e. The fourth-order valence-corrected chi connectivity index (χ4v) is 2.55. The number of methoxy groups -OCH3 is 1. The maximum absolute atomic E-state index is 12.2. The molecule has 1 amide bonds. The van der Waals surface area contributed by atoms with Crippen LogP contribution in [0.15, 0.2) is 40.8 Å². The molecule has 0 aliphatic heterocycles. The van der Waals surface area contributed by atoms with Crippen molar-refractivity contribution in [3.8, 4) is 5.75 Å². The summed E-state index contributed by atoms with van der Waals surface area (Å²) in [6.07, 6.45) is -5.79. The van der Waals surface area contributed by atoms with E-state index >= 15 is 0 Å². The summed E-state index contributed by atoms with van der Waals surface area (Å²) in [4.78, 5) is 12.1. The average Bonchev–Trinajstić information content (AvgIpc) is 2.95. The third-order valence-corrected chi connectivity index (χ3v) is 3.82. The Morgan fingerprint density at radius 1 is 1.19 bits per heavy atom. The zero-order chi connectivity index (χ0) is 18.9. The Bertz CT molecular complexity index is 949. The van der Waals surface area contributed by atoms with E-state index in [9.17, 15) is 18.0 Å². The first-order valence-electron chi connectivity index (χ1n) is 7.77. The van der Waals surface area contributed by atoms with Crippen LogP contribution in [0.3, 0.4) is 0 Å². The van der Waals surface area contributed by atoms with Crippen molar-refractivity contribution >= 4 is 33.5 Å². The van der Waals surface area contributed by atoms with Crippen LogP contribution < -0.4 is 10.1 Å². The minimum Gasteiger partial charge on any atom is -0.495 e. The van der Waals surface area contributed by atoms with Gasteiger partial charge in [0.1, 0.15) is 29.6 Å². The average molecular weight is 367 g/mol. The highest BCUT2D eigenvalue weighted by molar-refractivity contribution is 6.08. The molecule has 0 spiro atoms. The van der Waals surface area contributed by atoms with Crippen LogP contribution in [-0.2, 0) is 9.53 Å². The number of benzene rings is 2. The molecule has 0 unspecified atom stereocenters. The Morgan fingerprint density at radius 2 is 1.92 bits per heavy atom. The SMILES string of the molecule is COc1cc2c(cc1NC(=O)[C@@H](C)OCC(F)(F)F)oc1ccccc12. The lowest BCUT2D eigenvalue weighted by molar-refractivity contribution is -0.184. The van der Waals surface area contributed by atoms with Gasteiger partial charge in [-0.15, -0.1) is 0 Å². The highest BCUT2D eigenvalue weighted by atomic mass is 19.4. The van der Waals surface area contributed by atoms with Gasteiger partial charge in [-0.25, -0.2) is 0 Å². The van der Waals surface area contributed by atoms with Gasteiger partial charge in [0.15, 0.2) is 0 Å². The van der Waals surface area contributed by atoms with Crippen molar-refractivity contribution in [1.82, 2.24) is 0 Å². The van der Waals surface area contributed by atoms with Gasteiger partial charge in [0, 0.05) is 16.8 Å². The predicted octanol–water partition coefficient (Wildman–Crippen LogP) is 4.50. The standard InChI is InChI=1S/C18H16F3NO4/c1-10(25-9-18(19,20)21)17(23)22-13-8-15-12(7-16(13)24-2)11-5-3-4-6-14(11)26-15/h3-8,10H,9H2,1-2H3,(H,22,23)/t10-/m1/s1. The summed E-state index contributed by atoms with van der Waals surface area (Å²) in [7, 11) is 1.43. The molecule has 2 aromatic carbocycles. The van der Waals surface area contributed by atoms with E-state index in [0.29, 0.717) is 16.9 Å². The molecular formula is C18H16F3NO4. The molecule has 0 radical (unpaired) electrons. The monoisotopic (exact) mass is 367 g/mol. The molecule has 3 aromatic rings. The molecule has 1 heterocycles. The van der Waals surface area contributed by atoms with E-state index < -0.39 is 24.8 Å². The Morgan fingerprint density at radius 3 is 2.62 bits per heavy atom. The summed E-state index contributed by atoms with van der Waals surface area (Å²) < 4.78 is 52.2. The van der Waals surface area contributed by atoms with Crippen molar-refractivity contribution in [1.29, 1.82) is 0 Å². The molecule has 0 aliphatic rings. The summed E-state index contributed by atoms with van der Waals surface area (Å²) in [5, 5.41) is 4.21. The van der Waals surface area contributed by atoms with Crippen LogP contribution in [-0.4, -0.2) is 31.9 Å². The maximum Gasteiger partial charge on any atom is 0.411 e. The number of alkyl halides is 3. The van der Waals surface area contributed by atoms with Crippen LogP contribution in [0.1, 0.15) is 6.92 Å². The van der Waals surface area contributed by atoms with Gasteiger partial charge >= 0.3 is 6.18 Å². The minimum absolute atomic E-state index is 0.284. The summed E-state index contributed by atoms with van der Waals surface area (Å²) in [6, 6.07) is 10.7. The van der Waals surface area contributed by atoms with E-state index in [4.69, 9.17) is 9.15 Å². The first-order chi connectivity index (χ1) is 12.3. The van der Waals surface area contributed by atoms with Crippen LogP contribution in [0.4, 0.5) is 18.9 Å². The lowest BCUT2D eigenvalue weighted by atomic mass is 10.1. The summed E-state index contributed by atoms with van der Waals surface area (Å²) in [6.45, 7) is -0.255. The number of amides is 1. The number of hydrogen-bond donors (Lipinski definition) is 1. The first-order valence-corrected chi connectivity index (χ1v) is 7.77. The van der Waals surface area contributed by atoms with Gasteiger partial charge in [-0.05, 0) is 19.1 Å². The minimum atomic E-state index is -4.50. The van der Waals surface area contributed by atoms with Crippen LogP contribution in [0.25, 0.3) is 21.9 Å². The van der Waals surface area contributed by atoms with Crippen LogP contribution in [0.2, 0.25) is 0 Å². The second kappa shape index (κ2) is 6.87. The van der Waals surface area contributed by atoms with Gasteiger partial charge in [0.25, 0.3) is 5.91 Å². The van der Waals surface area contributed by atoms with Crippen molar-refractivity contribution < 1.29 is 31.9 Å². The van der Waals surface area contributed by atoms with E-state index in [0.717, 1.165) is 10.8 Å². The van der Waals surface area contributed by atoms with Gasteiger partial charge in [0.05, 0.1) is 12.8 Å². The molecule has 0 fully saturated rings. The van der Waals surface area contributed by atoms with Gasteiger partial charge in [0.2, 0.25) is 0 Å². The normalized spacial score (nSPS) is 13.1. The summed E-state index contributed by atoms with van der Waals surface area (Å²) in [5.41, 5.74) is 1.48. The number of nitrogens with one attached hydrogen (secondary N) is 1. The number of carbonyl (C=O) groups excluding carboxylic acids is 1. The lowest BCUT2D eigenvalue weighted by Gasteiger charge is -2.16. The van der Waals surface area contributed by atoms with E-state index in [1.54, 1.807) is 12.1 Å². The van der Waals surface area contributed by atoms with Gasteiger partial charge < -0.3 is 19.2 Å². The van der Waals surface area contributed by atoms with Crippen molar-refractivity contribution in [3.63, 3.8) is 0 Å². The summed E-state index contributed by atoms with van der Waals surface area (Å²) in [5.74, 6) is -0.358. The fourth-order valence-electron chi connectivity index (χ4n) is 2.55. The quantitative estimate of drug-likeness (QED) is 0.721. The number of para-hydroxylation sites is 1. The number of fused-ring (bicyclic) bond motifs is 3. The van der Waals surface area contributed by atoms with Gasteiger partial charge in [-0.1, -0.05) is 18.2 Å². The fraction of sp³-hybridized carbons (Fsp3) is 0.278. The molecule has 26 heavy (non-hydrogen) atoms. The lowest BCUT2D eigenvalue weighted by Crippen LogP contribution is -2.31. The predicted molar refractivity (Wildman–Crippen MR) is 90.4 cm³/mol. The Hall–Kier alpha value is -2.74. The molecule has 1 atom stereocenters. The first kappa shape index (κ1) is 18.1. The van der Waals surface area contributed by atoms with E-state index in [1.807, 2.05) is 24.3 Å².